The average molecular weight is 356 g/mol. The summed E-state index contributed by atoms with van der Waals surface area (Å²) in [7, 11) is 0. The molecule has 0 atom stereocenters. The molecule has 0 saturated heterocycles. The van der Waals surface area contributed by atoms with E-state index in [-0.39, 0.29) is 18.3 Å². The standard InChI is InChI=1S/C17H25N3OS.ClH/c18-2-1-15-20-14(9-22-15)16(21)19-10-17-6-11-3-12(7-17)5-13(4-11)8-17;/h9,11-13H,1-8,10,18H2,(H,19,21);1H. The molecular formula is C17H26ClN3OS. The number of nitrogens with one attached hydrogen (secondary N) is 1. The summed E-state index contributed by atoms with van der Waals surface area (Å²) in [6.07, 6.45) is 9.08. The minimum absolute atomic E-state index is 0. The average Bonchev–Trinajstić information content (AvgIpc) is 2.93. The fourth-order valence-corrected chi connectivity index (χ4v) is 6.31. The number of thiazole rings is 1. The zero-order valence-electron chi connectivity index (χ0n) is 13.4. The van der Waals surface area contributed by atoms with Crippen molar-refractivity contribution in [2.75, 3.05) is 13.1 Å². The van der Waals surface area contributed by atoms with Gasteiger partial charge in [-0.3, -0.25) is 4.79 Å². The highest BCUT2D eigenvalue weighted by atomic mass is 35.5. The number of hydrogen-bond donors (Lipinski definition) is 2. The summed E-state index contributed by atoms with van der Waals surface area (Å²) in [6, 6.07) is 0. The van der Waals surface area contributed by atoms with Gasteiger partial charge in [-0.05, 0) is 68.2 Å². The van der Waals surface area contributed by atoms with Crippen molar-refractivity contribution in [2.45, 2.75) is 44.9 Å². The van der Waals surface area contributed by atoms with E-state index in [1.165, 1.54) is 49.9 Å². The Morgan fingerprint density at radius 2 is 1.87 bits per heavy atom. The van der Waals surface area contributed by atoms with Gasteiger partial charge in [-0.15, -0.1) is 23.7 Å². The topological polar surface area (TPSA) is 68.0 Å². The fourth-order valence-electron chi connectivity index (χ4n) is 5.52. The summed E-state index contributed by atoms with van der Waals surface area (Å²) in [5.41, 5.74) is 6.50. The fraction of sp³-hybridized carbons (Fsp3) is 0.765. The van der Waals surface area contributed by atoms with Crippen molar-refractivity contribution >= 4 is 29.7 Å². The molecule has 0 unspecified atom stereocenters. The lowest BCUT2D eigenvalue weighted by molar-refractivity contribution is -0.0503. The first-order valence-electron chi connectivity index (χ1n) is 8.58. The molecule has 4 aliphatic rings. The summed E-state index contributed by atoms with van der Waals surface area (Å²) < 4.78 is 0. The third-order valence-corrected chi connectivity index (χ3v) is 6.84. The third-order valence-electron chi connectivity index (χ3n) is 5.93. The van der Waals surface area contributed by atoms with Gasteiger partial charge >= 0.3 is 0 Å². The summed E-state index contributed by atoms with van der Waals surface area (Å²) in [5, 5.41) is 6.01. The zero-order chi connectivity index (χ0) is 15.2. The highest BCUT2D eigenvalue weighted by molar-refractivity contribution is 7.09. The van der Waals surface area contributed by atoms with E-state index in [4.69, 9.17) is 5.73 Å². The van der Waals surface area contributed by atoms with Crippen molar-refractivity contribution in [1.29, 1.82) is 0 Å². The van der Waals surface area contributed by atoms with Crippen LogP contribution in [-0.2, 0) is 6.42 Å². The zero-order valence-corrected chi connectivity index (χ0v) is 15.1. The Balaban J connectivity index is 0.00000156. The van der Waals surface area contributed by atoms with Crippen molar-refractivity contribution < 1.29 is 4.79 Å². The quantitative estimate of drug-likeness (QED) is 0.853. The number of halogens is 1. The molecule has 1 amide bonds. The van der Waals surface area contributed by atoms with E-state index in [1.54, 1.807) is 0 Å². The Morgan fingerprint density at radius 3 is 2.43 bits per heavy atom. The van der Waals surface area contributed by atoms with Crippen molar-refractivity contribution in [3.63, 3.8) is 0 Å². The molecule has 0 aromatic carbocycles. The first-order valence-corrected chi connectivity index (χ1v) is 9.46. The van der Waals surface area contributed by atoms with Gasteiger partial charge in [0.15, 0.2) is 0 Å². The number of amides is 1. The molecule has 4 fully saturated rings. The van der Waals surface area contributed by atoms with Crippen LogP contribution in [0.3, 0.4) is 0 Å². The van der Waals surface area contributed by atoms with Crippen LogP contribution in [0.5, 0.6) is 0 Å². The van der Waals surface area contributed by atoms with E-state index >= 15 is 0 Å². The molecule has 6 heteroatoms. The number of nitrogens with two attached hydrogens (primary N) is 1. The van der Waals surface area contributed by atoms with E-state index in [0.717, 1.165) is 35.7 Å². The molecule has 1 aromatic heterocycles. The molecule has 4 nitrogen and oxygen atoms in total. The molecule has 23 heavy (non-hydrogen) atoms. The Morgan fingerprint density at radius 1 is 1.26 bits per heavy atom. The van der Waals surface area contributed by atoms with Gasteiger partial charge in [0.1, 0.15) is 5.69 Å². The highest BCUT2D eigenvalue weighted by Crippen LogP contribution is 2.59. The second kappa shape index (κ2) is 6.69. The van der Waals surface area contributed by atoms with E-state index in [1.807, 2.05) is 5.38 Å². The Bertz CT molecular complexity index is 539. The number of carbonyl (C=O) groups is 1. The molecule has 3 N–H and O–H groups in total. The molecule has 128 valence electrons. The van der Waals surface area contributed by atoms with Crippen LogP contribution in [0.25, 0.3) is 0 Å². The predicted molar refractivity (Wildman–Crippen MR) is 95.1 cm³/mol. The minimum Gasteiger partial charge on any atom is -0.350 e. The van der Waals surface area contributed by atoms with E-state index in [2.05, 4.69) is 10.3 Å². The van der Waals surface area contributed by atoms with Crippen molar-refractivity contribution in [2.24, 2.45) is 28.9 Å². The van der Waals surface area contributed by atoms with E-state index in [0.29, 0.717) is 17.7 Å². The maximum absolute atomic E-state index is 12.4. The summed E-state index contributed by atoms with van der Waals surface area (Å²) in [4.78, 5) is 16.7. The molecule has 4 aliphatic carbocycles. The number of aromatic nitrogens is 1. The second-order valence-electron chi connectivity index (χ2n) is 7.77. The lowest BCUT2D eigenvalue weighted by Gasteiger charge is -2.56. The largest absolute Gasteiger partial charge is 0.350 e. The number of hydrogen-bond acceptors (Lipinski definition) is 4. The molecule has 4 saturated carbocycles. The number of nitrogens with zero attached hydrogens (tertiary/aromatic N) is 1. The van der Waals surface area contributed by atoms with Crippen molar-refractivity contribution in [1.82, 2.24) is 10.3 Å². The Kier molecular flexibility index (Phi) is 5.00. The summed E-state index contributed by atoms with van der Waals surface area (Å²) >= 11 is 1.54. The Hall–Kier alpha value is -0.650. The van der Waals surface area contributed by atoms with Crippen LogP contribution >= 0.6 is 23.7 Å². The van der Waals surface area contributed by atoms with Gasteiger partial charge in [-0.2, -0.15) is 0 Å². The summed E-state index contributed by atoms with van der Waals surface area (Å²) in [6.45, 7) is 1.43. The van der Waals surface area contributed by atoms with Gasteiger partial charge in [0, 0.05) is 18.3 Å². The maximum atomic E-state index is 12.4. The third kappa shape index (κ3) is 3.42. The molecule has 1 aromatic rings. The lowest BCUT2D eigenvalue weighted by Crippen LogP contribution is -2.51. The number of rotatable bonds is 5. The van der Waals surface area contributed by atoms with Gasteiger partial charge in [0.05, 0.1) is 5.01 Å². The Labute approximate surface area is 148 Å². The second-order valence-corrected chi connectivity index (χ2v) is 8.71. The SMILES string of the molecule is Cl.NCCc1nc(C(=O)NCC23CC4CC(CC(C4)C2)C3)cs1. The molecule has 0 aliphatic heterocycles. The van der Waals surface area contributed by atoms with Crippen LogP contribution in [0.2, 0.25) is 0 Å². The van der Waals surface area contributed by atoms with E-state index in [9.17, 15) is 4.79 Å². The highest BCUT2D eigenvalue weighted by Gasteiger charge is 2.50. The predicted octanol–water partition coefficient (Wildman–Crippen LogP) is 3.01. The van der Waals surface area contributed by atoms with Crippen LogP contribution < -0.4 is 11.1 Å². The van der Waals surface area contributed by atoms with Gasteiger partial charge in [-0.25, -0.2) is 4.98 Å². The summed E-state index contributed by atoms with van der Waals surface area (Å²) in [5.74, 6) is 2.78. The van der Waals surface area contributed by atoms with Crippen LogP contribution in [0.4, 0.5) is 0 Å². The van der Waals surface area contributed by atoms with Gasteiger partial charge < -0.3 is 11.1 Å². The lowest BCUT2D eigenvalue weighted by atomic mass is 9.49. The van der Waals surface area contributed by atoms with Crippen LogP contribution in [0, 0.1) is 23.2 Å². The van der Waals surface area contributed by atoms with Crippen LogP contribution in [-0.4, -0.2) is 24.0 Å². The van der Waals surface area contributed by atoms with Gasteiger partial charge in [0.25, 0.3) is 5.91 Å². The number of carbonyl (C=O) groups excluding carboxylic acids is 1. The molecule has 0 spiro atoms. The van der Waals surface area contributed by atoms with Gasteiger partial charge in [-0.1, -0.05) is 0 Å². The molecular weight excluding hydrogens is 330 g/mol. The smallest absolute Gasteiger partial charge is 0.270 e. The first kappa shape index (κ1) is 17.2. The van der Waals surface area contributed by atoms with Crippen LogP contribution in [0.15, 0.2) is 5.38 Å². The monoisotopic (exact) mass is 355 g/mol. The minimum atomic E-state index is -0.00438. The van der Waals surface area contributed by atoms with Crippen LogP contribution in [0.1, 0.15) is 54.0 Å². The van der Waals surface area contributed by atoms with E-state index < -0.39 is 0 Å². The normalized spacial score (nSPS) is 34.2. The van der Waals surface area contributed by atoms with Crippen molar-refractivity contribution in [3.8, 4) is 0 Å². The molecule has 0 radical (unpaired) electrons. The molecule has 5 rings (SSSR count). The molecule has 4 bridgehead atoms. The van der Waals surface area contributed by atoms with Crippen molar-refractivity contribution in [3.05, 3.63) is 16.1 Å². The maximum Gasteiger partial charge on any atom is 0.270 e. The van der Waals surface area contributed by atoms with Gasteiger partial charge in [0.2, 0.25) is 0 Å². The molecule has 1 heterocycles. The first-order chi connectivity index (χ1) is 10.7.